The Kier molecular flexibility index (Phi) is 2.70. The largest absolute Gasteiger partial charge is 0.385 e. The van der Waals surface area contributed by atoms with Crippen molar-refractivity contribution >= 4 is 11.6 Å². The number of nitrogens with zero attached hydrogens (tertiary/aromatic N) is 2. The van der Waals surface area contributed by atoms with Crippen molar-refractivity contribution in [3.63, 3.8) is 0 Å². The topological polar surface area (TPSA) is 59.2 Å². The molecule has 1 N–H and O–H groups in total. The molecule has 0 saturated heterocycles. The van der Waals surface area contributed by atoms with Crippen molar-refractivity contribution in [2.75, 3.05) is 0 Å². The predicted octanol–water partition coefficient (Wildman–Crippen LogP) is 2.44. The lowest BCUT2D eigenvalue weighted by molar-refractivity contribution is 0.184. The lowest BCUT2D eigenvalue weighted by Crippen LogP contribution is -1.92. The van der Waals surface area contributed by atoms with Crippen LogP contribution in [-0.2, 0) is 0 Å². The molecule has 0 unspecified atom stereocenters. The predicted molar refractivity (Wildman–Crippen MR) is 55.4 cm³/mol. The minimum Gasteiger partial charge on any atom is -0.385 e. The molecule has 4 nitrogen and oxygen atoms in total. The van der Waals surface area contributed by atoms with Crippen LogP contribution >= 0.6 is 11.6 Å². The van der Waals surface area contributed by atoms with Gasteiger partial charge in [0.15, 0.2) is 5.82 Å². The third-order valence-corrected chi connectivity index (χ3v) is 2.12. The molecule has 5 heteroatoms. The van der Waals surface area contributed by atoms with Crippen LogP contribution in [0.2, 0.25) is 5.02 Å². The van der Waals surface area contributed by atoms with E-state index in [1.54, 1.807) is 25.1 Å². The van der Waals surface area contributed by atoms with Crippen molar-refractivity contribution in [2.24, 2.45) is 0 Å². The van der Waals surface area contributed by atoms with Gasteiger partial charge < -0.3 is 9.63 Å². The van der Waals surface area contributed by atoms with Gasteiger partial charge in [0.25, 0.3) is 5.89 Å². The zero-order valence-corrected chi connectivity index (χ0v) is 8.77. The monoisotopic (exact) mass is 224 g/mol. The summed E-state index contributed by atoms with van der Waals surface area (Å²) in [6.07, 6.45) is -0.735. The first kappa shape index (κ1) is 10.1. The first-order valence-electron chi connectivity index (χ1n) is 4.44. The average Bonchev–Trinajstić information content (AvgIpc) is 2.66. The van der Waals surface area contributed by atoms with E-state index >= 15 is 0 Å². The van der Waals surface area contributed by atoms with E-state index in [1.165, 1.54) is 0 Å². The second kappa shape index (κ2) is 4.00. The summed E-state index contributed by atoms with van der Waals surface area (Å²) in [7, 11) is 0. The van der Waals surface area contributed by atoms with Gasteiger partial charge in [-0.2, -0.15) is 4.98 Å². The van der Waals surface area contributed by atoms with E-state index < -0.39 is 6.10 Å². The number of hydrogen-bond donors (Lipinski definition) is 1. The quantitative estimate of drug-likeness (QED) is 0.851. The minimum absolute atomic E-state index is 0.268. The van der Waals surface area contributed by atoms with Crippen molar-refractivity contribution in [1.29, 1.82) is 0 Å². The highest BCUT2D eigenvalue weighted by atomic mass is 35.5. The van der Waals surface area contributed by atoms with Gasteiger partial charge in [0.2, 0.25) is 0 Å². The van der Waals surface area contributed by atoms with Crippen molar-refractivity contribution in [3.8, 4) is 11.5 Å². The summed E-state index contributed by atoms with van der Waals surface area (Å²) >= 11 is 5.82. The van der Waals surface area contributed by atoms with Crippen molar-refractivity contribution in [2.45, 2.75) is 13.0 Å². The number of rotatable bonds is 2. The van der Waals surface area contributed by atoms with Gasteiger partial charge in [0.1, 0.15) is 6.10 Å². The van der Waals surface area contributed by atoms with Gasteiger partial charge in [-0.25, -0.2) is 0 Å². The summed E-state index contributed by atoms with van der Waals surface area (Å²) in [5.41, 5.74) is 0.738. The highest BCUT2D eigenvalue weighted by Crippen LogP contribution is 2.22. The lowest BCUT2D eigenvalue weighted by atomic mass is 10.2. The molecule has 0 fully saturated rings. The highest BCUT2D eigenvalue weighted by Gasteiger charge is 2.12. The van der Waals surface area contributed by atoms with Crippen molar-refractivity contribution < 1.29 is 9.63 Å². The van der Waals surface area contributed by atoms with Crippen LogP contribution in [0.4, 0.5) is 0 Å². The second-order valence-electron chi connectivity index (χ2n) is 3.14. The summed E-state index contributed by atoms with van der Waals surface area (Å²) in [4.78, 5) is 4.03. The van der Waals surface area contributed by atoms with Gasteiger partial charge in [-0.05, 0) is 25.1 Å². The van der Waals surface area contributed by atoms with Crippen LogP contribution in [0.5, 0.6) is 0 Å². The molecule has 0 aliphatic carbocycles. The molecule has 0 amide bonds. The van der Waals surface area contributed by atoms with Gasteiger partial charge in [0.05, 0.1) is 0 Å². The molecule has 0 aliphatic heterocycles. The maximum atomic E-state index is 9.23. The molecular formula is C10H9ClN2O2. The smallest absolute Gasteiger partial charge is 0.258 e. The maximum absolute atomic E-state index is 9.23. The number of aliphatic hydroxyl groups excluding tert-OH is 1. The molecule has 15 heavy (non-hydrogen) atoms. The third kappa shape index (κ3) is 2.16. The van der Waals surface area contributed by atoms with Crippen LogP contribution in [-0.4, -0.2) is 15.2 Å². The molecule has 1 heterocycles. The van der Waals surface area contributed by atoms with E-state index in [1.807, 2.05) is 6.07 Å². The van der Waals surface area contributed by atoms with E-state index in [0.29, 0.717) is 10.9 Å². The number of hydrogen-bond acceptors (Lipinski definition) is 4. The van der Waals surface area contributed by atoms with E-state index in [9.17, 15) is 5.11 Å². The Labute approximate surface area is 91.5 Å². The standard InChI is InChI=1S/C10H9ClN2O2/c1-6(14)9-12-10(15-13-9)7-3-2-4-8(11)5-7/h2-6,14H,1H3/t6-/m0/s1. The molecule has 2 rings (SSSR count). The molecule has 0 radical (unpaired) electrons. The minimum atomic E-state index is -0.735. The maximum Gasteiger partial charge on any atom is 0.258 e. The van der Waals surface area contributed by atoms with Gasteiger partial charge >= 0.3 is 0 Å². The molecule has 0 aliphatic rings. The number of halogens is 1. The Balaban J connectivity index is 2.37. The van der Waals surface area contributed by atoms with Crippen LogP contribution < -0.4 is 0 Å². The Morgan fingerprint density at radius 2 is 2.27 bits per heavy atom. The van der Waals surface area contributed by atoms with Crippen molar-refractivity contribution in [1.82, 2.24) is 10.1 Å². The van der Waals surface area contributed by atoms with Crippen LogP contribution in [0.15, 0.2) is 28.8 Å². The molecular weight excluding hydrogens is 216 g/mol. The first-order valence-corrected chi connectivity index (χ1v) is 4.82. The lowest BCUT2D eigenvalue weighted by Gasteiger charge is -1.94. The zero-order valence-electron chi connectivity index (χ0n) is 8.01. The van der Waals surface area contributed by atoms with Gasteiger partial charge in [-0.15, -0.1) is 0 Å². The average molecular weight is 225 g/mol. The summed E-state index contributed by atoms with van der Waals surface area (Å²) in [5, 5.41) is 13.5. The molecule has 0 spiro atoms. The Morgan fingerprint density at radius 1 is 1.47 bits per heavy atom. The molecule has 0 bridgehead atoms. The normalized spacial score (nSPS) is 12.7. The van der Waals surface area contributed by atoms with E-state index in [0.717, 1.165) is 5.56 Å². The molecule has 0 saturated carbocycles. The second-order valence-corrected chi connectivity index (χ2v) is 3.58. The Bertz CT molecular complexity index is 468. The van der Waals surface area contributed by atoms with Gasteiger partial charge in [-0.3, -0.25) is 0 Å². The summed E-state index contributed by atoms with van der Waals surface area (Å²) in [6, 6.07) is 7.09. The number of aromatic nitrogens is 2. The fourth-order valence-corrected chi connectivity index (χ4v) is 1.33. The Hall–Kier alpha value is -1.39. The molecule has 1 aromatic heterocycles. The van der Waals surface area contributed by atoms with E-state index in [4.69, 9.17) is 16.1 Å². The fraction of sp³-hybridized carbons (Fsp3) is 0.200. The molecule has 1 aromatic carbocycles. The Morgan fingerprint density at radius 3 is 2.87 bits per heavy atom. The van der Waals surface area contributed by atoms with E-state index in [2.05, 4.69) is 10.1 Å². The number of benzene rings is 1. The molecule has 78 valence electrons. The van der Waals surface area contributed by atoms with Crippen LogP contribution in [0.1, 0.15) is 18.9 Å². The van der Waals surface area contributed by atoms with Gasteiger partial charge in [0, 0.05) is 10.6 Å². The zero-order chi connectivity index (χ0) is 10.8. The van der Waals surface area contributed by atoms with Crippen LogP contribution in [0, 0.1) is 0 Å². The van der Waals surface area contributed by atoms with Gasteiger partial charge in [-0.1, -0.05) is 22.8 Å². The molecule has 2 aromatic rings. The van der Waals surface area contributed by atoms with E-state index in [-0.39, 0.29) is 5.82 Å². The third-order valence-electron chi connectivity index (χ3n) is 1.89. The fourth-order valence-electron chi connectivity index (χ4n) is 1.14. The van der Waals surface area contributed by atoms with Crippen LogP contribution in [0.25, 0.3) is 11.5 Å². The SMILES string of the molecule is C[C@H](O)c1noc(-c2cccc(Cl)c2)n1. The number of aliphatic hydroxyl groups is 1. The first-order chi connectivity index (χ1) is 7.16. The highest BCUT2D eigenvalue weighted by molar-refractivity contribution is 6.30. The van der Waals surface area contributed by atoms with Crippen LogP contribution in [0.3, 0.4) is 0 Å². The molecule has 1 atom stereocenters. The summed E-state index contributed by atoms with van der Waals surface area (Å²) in [6.45, 7) is 1.58. The summed E-state index contributed by atoms with van der Waals surface area (Å²) < 4.78 is 4.99. The van der Waals surface area contributed by atoms with Crippen molar-refractivity contribution in [3.05, 3.63) is 35.1 Å². The summed E-state index contributed by atoms with van der Waals surface area (Å²) in [5.74, 6) is 0.623.